The van der Waals surface area contributed by atoms with Crippen LogP contribution in [0.3, 0.4) is 0 Å². The van der Waals surface area contributed by atoms with Crippen LogP contribution in [0, 0.1) is 0 Å². The van der Waals surface area contributed by atoms with Crippen LogP contribution in [0.15, 0.2) is 22.5 Å². The quantitative estimate of drug-likeness (QED) is 0.344. The number of allylic oxidation sites excluding steroid dienone is 1. The first-order valence-corrected chi connectivity index (χ1v) is 12.6. The summed E-state index contributed by atoms with van der Waals surface area (Å²) in [6.07, 6.45) is 3.82. The number of nitrogens with zero attached hydrogens (tertiary/aromatic N) is 2. The molecule has 0 radical (unpaired) electrons. The molecule has 2 aliphatic heterocycles. The van der Waals surface area contributed by atoms with Gasteiger partial charge in [-0.25, -0.2) is 9.78 Å². The number of amides is 2. The van der Waals surface area contributed by atoms with Crippen molar-refractivity contribution in [3.05, 3.63) is 28.2 Å². The van der Waals surface area contributed by atoms with Crippen LogP contribution in [0.5, 0.6) is 0 Å². The van der Waals surface area contributed by atoms with Gasteiger partial charge in [-0.05, 0) is 31.6 Å². The van der Waals surface area contributed by atoms with Crippen LogP contribution in [0.2, 0.25) is 0 Å². The molecule has 0 aromatic carbocycles. The number of nitrogens with one attached hydrogen (secondary N) is 2. The SMILES string of the molecule is CC[C@@H]1NC(=O)[C@]2(C)CSC(=N2)c2csc(n2)CNC(=O)C[C@@H](/C=C/CCS)OC1=O. The Balaban J connectivity index is 1.88. The minimum Gasteiger partial charge on any atom is -0.456 e. The summed E-state index contributed by atoms with van der Waals surface area (Å²) in [5, 5.41) is 8.90. The summed E-state index contributed by atoms with van der Waals surface area (Å²) in [5.41, 5.74) is -0.295. The fourth-order valence-corrected chi connectivity index (χ4v) is 5.08. The van der Waals surface area contributed by atoms with Gasteiger partial charge in [0.05, 0.1) is 13.0 Å². The highest BCUT2D eigenvalue weighted by molar-refractivity contribution is 8.14. The van der Waals surface area contributed by atoms with E-state index in [0.717, 1.165) is 5.01 Å². The second-order valence-electron chi connectivity index (χ2n) is 7.44. The highest BCUT2D eigenvalue weighted by atomic mass is 32.2. The number of hydrogen-bond acceptors (Lipinski definition) is 9. The molecule has 0 spiro atoms. The van der Waals surface area contributed by atoms with E-state index in [4.69, 9.17) is 4.74 Å². The summed E-state index contributed by atoms with van der Waals surface area (Å²) in [7, 11) is 0. The normalized spacial score (nSPS) is 27.6. The predicted molar refractivity (Wildman–Crippen MR) is 126 cm³/mol. The molecule has 168 valence electrons. The molecule has 2 N–H and O–H groups in total. The number of thioether (sulfide) groups is 1. The summed E-state index contributed by atoms with van der Waals surface area (Å²) in [6.45, 7) is 3.82. The number of thiol groups is 1. The minimum absolute atomic E-state index is 0.0162. The van der Waals surface area contributed by atoms with Crippen LogP contribution in [-0.2, 0) is 25.7 Å². The fraction of sp³-hybridized carbons (Fsp3) is 0.550. The van der Waals surface area contributed by atoms with Gasteiger partial charge in [-0.2, -0.15) is 12.6 Å². The van der Waals surface area contributed by atoms with Crippen molar-refractivity contribution >= 4 is 58.6 Å². The molecular weight excluding hydrogens is 456 g/mol. The topological polar surface area (TPSA) is 110 Å². The standard InChI is InChI=1S/C20H26N4O4S3/c1-3-13-18(26)28-12(6-4-5-7-29)8-15(25)21-9-16-22-14(10-30-16)17-24-20(2,11-31-17)19(27)23-13/h4,6,10,12-13,29H,3,5,7-9,11H2,1-2H3,(H,21,25)(H,23,27)/b6-4+/t12-,13+,20+/m1/s1. The van der Waals surface area contributed by atoms with Crippen molar-refractivity contribution in [1.82, 2.24) is 15.6 Å². The molecule has 0 saturated heterocycles. The first kappa shape index (κ1) is 23.8. The summed E-state index contributed by atoms with van der Waals surface area (Å²) in [5.74, 6) is -0.0611. The van der Waals surface area contributed by atoms with Crippen LogP contribution in [-0.4, -0.2) is 57.0 Å². The van der Waals surface area contributed by atoms with Crippen LogP contribution in [0.25, 0.3) is 0 Å². The molecule has 3 heterocycles. The number of hydrogen-bond donors (Lipinski definition) is 3. The van der Waals surface area contributed by atoms with Crippen molar-refractivity contribution in [3.8, 4) is 0 Å². The number of carbonyl (C=O) groups excluding carboxylic acids is 3. The van der Waals surface area contributed by atoms with E-state index in [0.29, 0.717) is 35.1 Å². The molecule has 1 aromatic heterocycles. The maximum absolute atomic E-state index is 13.0. The number of aromatic nitrogens is 1. The van der Waals surface area contributed by atoms with Crippen molar-refractivity contribution in [2.75, 3.05) is 11.5 Å². The smallest absolute Gasteiger partial charge is 0.329 e. The van der Waals surface area contributed by atoms with E-state index in [2.05, 4.69) is 33.2 Å². The Morgan fingerprint density at radius 3 is 2.94 bits per heavy atom. The first-order valence-electron chi connectivity index (χ1n) is 10.1. The third kappa shape index (κ3) is 6.11. The monoisotopic (exact) mass is 482 g/mol. The number of carbonyl (C=O) groups is 3. The Morgan fingerprint density at radius 1 is 1.39 bits per heavy atom. The first-order chi connectivity index (χ1) is 14.8. The van der Waals surface area contributed by atoms with Gasteiger partial charge in [0, 0.05) is 11.1 Å². The highest BCUT2D eigenvalue weighted by Crippen LogP contribution is 2.32. The van der Waals surface area contributed by atoms with E-state index in [9.17, 15) is 14.4 Å². The molecule has 0 saturated carbocycles. The Labute approximate surface area is 195 Å². The number of cyclic esters (lactones) is 1. The van der Waals surface area contributed by atoms with Gasteiger partial charge in [-0.3, -0.25) is 14.6 Å². The van der Waals surface area contributed by atoms with Gasteiger partial charge in [0.25, 0.3) is 0 Å². The average molecular weight is 483 g/mol. The van der Waals surface area contributed by atoms with E-state index in [1.165, 1.54) is 23.1 Å². The highest BCUT2D eigenvalue weighted by Gasteiger charge is 2.41. The molecule has 8 nitrogen and oxygen atoms in total. The van der Waals surface area contributed by atoms with Crippen LogP contribution >= 0.6 is 35.7 Å². The van der Waals surface area contributed by atoms with Gasteiger partial charge >= 0.3 is 5.97 Å². The van der Waals surface area contributed by atoms with Crippen LogP contribution < -0.4 is 10.6 Å². The Kier molecular flexibility index (Phi) is 8.17. The maximum Gasteiger partial charge on any atom is 0.329 e. The van der Waals surface area contributed by atoms with Crippen molar-refractivity contribution in [2.24, 2.45) is 4.99 Å². The molecule has 11 heteroatoms. The number of aliphatic imine (C=N–C) groups is 1. The van der Waals surface area contributed by atoms with Crippen molar-refractivity contribution in [2.45, 2.75) is 57.3 Å². The molecule has 3 rings (SSSR count). The minimum atomic E-state index is -0.991. The molecule has 0 unspecified atom stereocenters. The summed E-state index contributed by atoms with van der Waals surface area (Å²) in [6, 6.07) is -0.823. The van der Waals surface area contributed by atoms with Gasteiger partial charge < -0.3 is 15.4 Å². The lowest BCUT2D eigenvalue weighted by molar-refractivity contribution is -0.152. The molecule has 1 aromatic rings. The second kappa shape index (κ2) is 10.6. The number of thiazole rings is 1. The van der Waals surface area contributed by atoms with Crippen LogP contribution in [0.1, 0.15) is 43.8 Å². The zero-order valence-electron chi connectivity index (χ0n) is 17.4. The molecule has 2 aliphatic rings. The maximum atomic E-state index is 13.0. The predicted octanol–water partition coefficient (Wildman–Crippen LogP) is 2.10. The molecule has 0 aliphatic carbocycles. The molecule has 3 atom stereocenters. The van der Waals surface area contributed by atoms with Gasteiger partial charge in [0.2, 0.25) is 11.8 Å². The summed E-state index contributed by atoms with van der Waals surface area (Å²) < 4.78 is 5.58. The second-order valence-corrected chi connectivity index (χ2v) is 9.79. The van der Waals surface area contributed by atoms with Gasteiger partial charge in [-0.1, -0.05) is 13.0 Å². The van der Waals surface area contributed by atoms with E-state index in [-0.39, 0.29) is 24.8 Å². The number of ether oxygens (including phenoxy) is 1. The summed E-state index contributed by atoms with van der Waals surface area (Å²) >= 11 is 7.04. The molecule has 2 amide bonds. The van der Waals surface area contributed by atoms with Crippen molar-refractivity contribution in [1.29, 1.82) is 0 Å². The lowest BCUT2D eigenvalue weighted by Gasteiger charge is -2.24. The van der Waals surface area contributed by atoms with Crippen LogP contribution in [0.4, 0.5) is 0 Å². The average Bonchev–Trinajstić information content (AvgIpc) is 3.37. The Hall–Kier alpha value is -1.85. The number of fused-ring (bicyclic) bond motifs is 4. The third-order valence-corrected chi connectivity index (χ3v) is 7.22. The Morgan fingerprint density at radius 2 is 2.19 bits per heavy atom. The zero-order chi connectivity index (χ0) is 22.4. The van der Waals surface area contributed by atoms with Gasteiger partial charge in [0.1, 0.15) is 33.4 Å². The van der Waals surface area contributed by atoms with Crippen molar-refractivity contribution < 1.29 is 19.1 Å². The molecular formula is C20H26N4O4S3. The molecule has 31 heavy (non-hydrogen) atoms. The van der Waals surface area contributed by atoms with E-state index in [1.54, 1.807) is 19.9 Å². The number of esters is 1. The van der Waals surface area contributed by atoms with E-state index < -0.39 is 23.7 Å². The van der Waals surface area contributed by atoms with E-state index >= 15 is 0 Å². The lowest BCUT2D eigenvalue weighted by Crippen LogP contribution is -2.51. The largest absolute Gasteiger partial charge is 0.456 e. The van der Waals surface area contributed by atoms with Gasteiger partial charge in [-0.15, -0.1) is 23.1 Å². The lowest BCUT2D eigenvalue weighted by atomic mass is 10.0. The number of rotatable bonds is 4. The van der Waals surface area contributed by atoms with Gasteiger partial charge in [0.15, 0.2) is 0 Å². The molecule has 4 bridgehead atoms. The summed E-state index contributed by atoms with van der Waals surface area (Å²) in [4.78, 5) is 47.3. The zero-order valence-corrected chi connectivity index (χ0v) is 19.9. The van der Waals surface area contributed by atoms with Crippen molar-refractivity contribution in [3.63, 3.8) is 0 Å². The van der Waals surface area contributed by atoms with E-state index in [1.807, 2.05) is 11.5 Å². The third-order valence-electron chi connectivity index (χ3n) is 4.83. The fourth-order valence-electron chi connectivity index (χ4n) is 3.01. The Bertz CT molecular complexity index is 901. The molecule has 0 fully saturated rings.